The van der Waals surface area contributed by atoms with E-state index in [1.54, 1.807) is 13.4 Å². The Bertz CT molecular complexity index is 1470. The van der Waals surface area contributed by atoms with E-state index >= 15 is 0 Å². The molecule has 0 aliphatic heterocycles. The Morgan fingerprint density at radius 2 is 1.42 bits per heavy atom. The topological polar surface area (TPSA) is 82.3 Å². The fourth-order valence-corrected chi connectivity index (χ4v) is 5.82. The van der Waals surface area contributed by atoms with Crippen LogP contribution in [0, 0.1) is 0 Å². The van der Waals surface area contributed by atoms with Gasteiger partial charge in [0.25, 0.3) is 0 Å². The van der Waals surface area contributed by atoms with E-state index in [0.29, 0.717) is 17.8 Å². The first-order chi connectivity index (χ1) is 18.7. The van der Waals surface area contributed by atoms with Crippen LogP contribution in [0.5, 0.6) is 11.6 Å². The van der Waals surface area contributed by atoms with Crippen LogP contribution in [0.2, 0.25) is 0 Å². The largest absolute Gasteiger partial charge is 0.497 e. The van der Waals surface area contributed by atoms with Gasteiger partial charge in [-0.1, -0.05) is 85.6 Å². The summed E-state index contributed by atoms with van der Waals surface area (Å²) in [5.41, 5.74) is 2.90. The first-order valence-electron chi connectivity index (χ1n) is 12.9. The quantitative estimate of drug-likeness (QED) is 0.267. The normalized spacial score (nSPS) is 15.1. The van der Waals surface area contributed by atoms with Gasteiger partial charge in [0.1, 0.15) is 17.7 Å². The zero-order chi connectivity index (χ0) is 26.0. The van der Waals surface area contributed by atoms with Gasteiger partial charge in [-0.25, -0.2) is 9.97 Å². The Morgan fingerprint density at radius 3 is 2.03 bits per heavy atom. The molecule has 1 aliphatic carbocycles. The highest BCUT2D eigenvalue weighted by Gasteiger charge is 2.44. The standard InChI is InChI=1S/C31H30N4O3/c1-37-26-16-14-25(15-17-26)31(23-10-4-2-5-11-23,24-12-6-3-7-13-24)38-20-30(18-8-9-19-30)35-22-34-27-28(35)32-21-33-29(27)36/h2-7,10-17,21-22H,8-9,18-20H2,1H3,(H,32,33,36). The van der Waals surface area contributed by atoms with E-state index in [2.05, 4.69) is 55.9 Å². The molecule has 2 aromatic heterocycles. The van der Waals surface area contributed by atoms with Gasteiger partial charge in [0, 0.05) is 0 Å². The summed E-state index contributed by atoms with van der Waals surface area (Å²) in [5.74, 6) is 0.685. The minimum Gasteiger partial charge on any atom is -0.497 e. The molecule has 2 heterocycles. The highest BCUT2D eigenvalue weighted by Crippen LogP contribution is 2.45. The van der Waals surface area contributed by atoms with Gasteiger partial charge in [0.05, 0.1) is 25.6 Å². The van der Waals surface area contributed by atoms with Crippen molar-refractivity contribution in [2.24, 2.45) is 0 Å². The van der Waals surface area contributed by atoms with Crippen molar-refractivity contribution in [3.8, 4) is 11.6 Å². The average Bonchev–Trinajstić information content (AvgIpc) is 3.64. The van der Waals surface area contributed by atoms with Crippen LogP contribution < -0.4 is 4.74 Å². The molecule has 6 rings (SSSR count). The lowest BCUT2D eigenvalue weighted by atomic mass is 9.79. The summed E-state index contributed by atoms with van der Waals surface area (Å²) in [6.07, 6.45) is 7.15. The number of imidazole rings is 1. The summed E-state index contributed by atoms with van der Waals surface area (Å²) >= 11 is 0. The summed E-state index contributed by atoms with van der Waals surface area (Å²) in [4.78, 5) is 12.9. The lowest BCUT2D eigenvalue weighted by molar-refractivity contribution is -0.0342. The molecule has 7 heteroatoms. The lowest BCUT2D eigenvalue weighted by Gasteiger charge is -2.40. The van der Waals surface area contributed by atoms with Crippen LogP contribution in [0.3, 0.4) is 0 Å². The van der Waals surface area contributed by atoms with Crippen LogP contribution in [-0.2, 0) is 15.9 Å². The van der Waals surface area contributed by atoms with Crippen molar-refractivity contribution in [2.75, 3.05) is 13.7 Å². The molecule has 3 aromatic carbocycles. The first kappa shape index (κ1) is 24.1. The smallest absolute Gasteiger partial charge is 0.242 e. The Kier molecular flexibility index (Phi) is 6.29. The van der Waals surface area contributed by atoms with E-state index in [0.717, 1.165) is 48.1 Å². The number of nitrogens with zero attached hydrogens (tertiary/aromatic N) is 4. The number of aromatic hydroxyl groups is 1. The van der Waals surface area contributed by atoms with E-state index in [4.69, 9.17) is 9.47 Å². The second-order valence-electron chi connectivity index (χ2n) is 9.85. The molecule has 0 saturated heterocycles. The molecular weight excluding hydrogens is 476 g/mol. The monoisotopic (exact) mass is 506 g/mol. The van der Waals surface area contributed by atoms with E-state index in [1.807, 2.05) is 48.5 Å². The third kappa shape index (κ3) is 4.00. The maximum atomic E-state index is 10.3. The minimum atomic E-state index is -0.863. The van der Waals surface area contributed by atoms with Crippen molar-refractivity contribution in [1.82, 2.24) is 19.5 Å². The molecule has 1 aliphatic rings. The number of fused-ring (bicyclic) bond motifs is 1. The number of aromatic nitrogens is 4. The van der Waals surface area contributed by atoms with Crippen LogP contribution in [0.25, 0.3) is 11.2 Å². The van der Waals surface area contributed by atoms with Crippen molar-refractivity contribution in [2.45, 2.75) is 36.8 Å². The highest BCUT2D eigenvalue weighted by atomic mass is 16.5. The summed E-state index contributed by atoms with van der Waals surface area (Å²) in [6.45, 7) is 0.430. The lowest BCUT2D eigenvalue weighted by Crippen LogP contribution is -2.42. The van der Waals surface area contributed by atoms with Gasteiger partial charge in [0.2, 0.25) is 5.88 Å². The number of ether oxygens (including phenoxy) is 2. The number of hydrogen-bond acceptors (Lipinski definition) is 6. The number of rotatable bonds is 8. The molecule has 192 valence electrons. The van der Waals surface area contributed by atoms with Crippen molar-refractivity contribution < 1.29 is 14.6 Å². The fourth-order valence-electron chi connectivity index (χ4n) is 5.82. The summed E-state index contributed by atoms with van der Waals surface area (Å²) in [5, 5.41) is 10.3. The third-order valence-corrected chi connectivity index (χ3v) is 7.77. The Hall–Kier alpha value is -4.23. The molecule has 5 aromatic rings. The molecule has 0 atom stereocenters. The van der Waals surface area contributed by atoms with Gasteiger partial charge < -0.3 is 19.1 Å². The number of benzene rings is 3. The van der Waals surface area contributed by atoms with E-state index < -0.39 is 5.60 Å². The maximum Gasteiger partial charge on any atom is 0.242 e. The van der Waals surface area contributed by atoms with Gasteiger partial charge in [-0.2, -0.15) is 4.98 Å². The van der Waals surface area contributed by atoms with Gasteiger partial charge in [-0.05, 0) is 41.7 Å². The molecular formula is C31H30N4O3. The van der Waals surface area contributed by atoms with Crippen LogP contribution in [0.1, 0.15) is 42.4 Å². The Balaban J connectivity index is 1.51. The van der Waals surface area contributed by atoms with Crippen molar-refractivity contribution in [3.05, 3.63) is 114 Å². The van der Waals surface area contributed by atoms with Gasteiger partial charge in [-0.3, -0.25) is 0 Å². The Labute approximate surface area is 221 Å². The SMILES string of the molecule is COc1ccc(C(OCC2(n3cnc4c(O)ncnc43)CCCC2)(c2ccccc2)c2ccccc2)cc1. The average molecular weight is 507 g/mol. The van der Waals surface area contributed by atoms with E-state index in [1.165, 1.54) is 6.33 Å². The highest BCUT2D eigenvalue weighted by molar-refractivity contribution is 5.75. The molecule has 1 N–H and O–H groups in total. The second-order valence-corrected chi connectivity index (χ2v) is 9.85. The van der Waals surface area contributed by atoms with E-state index in [9.17, 15) is 5.11 Å². The van der Waals surface area contributed by atoms with Crippen molar-refractivity contribution >= 4 is 11.2 Å². The zero-order valence-electron chi connectivity index (χ0n) is 21.3. The van der Waals surface area contributed by atoms with Gasteiger partial charge in [0.15, 0.2) is 11.2 Å². The van der Waals surface area contributed by atoms with E-state index in [-0.39, 0.29) is 11.4 Å². The van der Waals surface area contributed by atoms with Gasteiger partial charge >= 0.3 is 0 Å². The van der Waals surface area contributed by atoms with Crippen LogP contribution in [0.15, 0.2) is 97.6 Å². The predicted molar refractivity (Wildman–Crippen MR) is 145 cm³/mol. The molecule has 0 bridgehead atoms. The van der Waals surface area contributed by atoms with Gasteiger partial charge in [-0.15, -0.1) is 0 Å². The summed E-state index contributed by atoms with van der Waals surface area (Å²) in [6, 6.07) is 28.9. The third-order valence-electron chi connectivity index (χ3n) is 7.77. The van der Waals surface area contributed by atoms with Crippen LogP contribution in [0.4, 0.5) is 0 Å². The Morgan fingerprint density at radius 1 is 0.816 bits per heavy atom. The second kappa shape index (κ2) is 9.91. The zero-order valence-corrected chi connectivity index (χ0v) is 21.3. The number of hydrogen-bond donors (Lipinski definition) is 1. The first-order valence-corrected chi connectivity index (χ1v) is 12.9. The molecule has 0 amide bonds. The molecule has 38 heavy (non-hydrogen) atoms. The molecule has 1 saturated carbocycles. The molecule has 7 nitrogen and oxygen atoms in total. The molecule has 0 unspecified atom stereocenters. The minimum absolute atomic E-state index is 0.107. The fraction of sp³-hybridized carbons (Fsp3) is 0.258. The molecule has 1 fully saturated rings. The summed E-state index contributed by atoms with van der Waals surface area (Å²) < 4.78 is 14.8. The molecule has 0 radical (unpaired) electrons. The predicted octanol–water partition coefficient (Wildman–Crippen LogP) is 5.82. The molecule has 0 spiro atoms. The number of methoxy groups -OCH3 is 1. The maximum absolute atomic E-state index is 10.3. The van der Waals surface area contributed by atoms with Crippen molar-refractivity contribution in [3.63, 3.8) is 0 Å². The summed E-state index contributed by atoms with van der Waals surface area (Å²) in [7, 11) is 1.67. The van der Waals surface area contributed by atoms with Crippen LogP contribution >= 0.6 is 0 Å². The van der Waals surface area contributed by atoms with Crippen molar-refractivity contribution in [1.29, 1.82) is 0 Å². The van der Waals surface area contributed by atoms with Crippen LogP contribution in [-0.4, -0.2) is 38.3 Å².